The summed E-state index contributed by atoms with van der Waals surface area (Å²) in [6.45, 7) is 0.674. The first-order valence-corrected chi connectivity index (χ1v) is 3.87. The molecule has 0 spiro atoms. The van der Waals surface area contributed by atoms with Gasteiger partial charge in [0.05, 0.1) is 18.2 Å². The number of hydrogen-bond acceptors (Lipinski definition) is 2. The average Bonchev–Trinajstić information content (AvgIpc) is 2.19. The standard InChI is InChI=1S/C11H9NO/c1-2-7-13-9-11-6-4-3-5-10(11)8-12/h1,3-6H,7,9H2. The third-order valence-corrected chi connectivity index (χ3v) is 1.58. The van der Waals surface area contributed by atoms with Crippen LogP contribution in [0.5, 0.6) is 0 Å². The zero-order chi connectivity index (χ0) is 9.52. The molecule has 0 aliphatic rings. The lowest BCUT2D eigenvalue weighted by Crippen LogP contribution is -1.95. The van der Waals surface area contributed by atoms with E-state index in [1.165, 1.54) is 0 Å². The van der Waals surface area contributed by atoms with Crippen molar-refractivity contribution in [2.75, 3.05) is 6.61 Å². The molecule has 0 aromatic heterocycles. The number of nitrogens with zero attached hydrogens (tertiary/aromatic N) is 1. The van der Waals surface area contributed by atoms with Crippen molar-refractivity contribution < 1.29 is 4.74 Å². The molecule has 0 atom stereocenters. The maximum atomic E-state index is 8.73. The summed E-state index contributed by atoms with van der Waals surface area (Å²) >= 11 is 0. The van der Waals surface area contributed by atoms with Crippen LogP contribution in [0.4, 0.5) is 0 Å². The van der Waals surface area contributed by atoms with Crippen molar-refractivity contribution in [1.29, 1.82) is 5.26 Å². The van der Waals surface area contributed by atoms with Gasteiger partial charge in [0.1, 0.15) is 6.61 Å². The Hall–Kier alpha value is -1.77. The van der Waals surface area contributed by atoms with Crippen LogP contribution in [0.1, 0.15) is 11.1 Å². The molecule has 0 saturated heterocycles. The third kappa shape index (κ3) is 2.63. The number of terminal acetylenes is 1. The summed E-state index contributed by atoms with van der Waals surface area (Å²) in [7, 11) is 0. The Morgan fingerprint density at radius 2 is 2.15 bits per heavy atom. The van der Waals surface area contributed by atoms with Crippen molar-refractivity contribution in [1.82, 2.24) is 0 Å². The van der Waals surface area contributed by atoms with Gasteiger partial charge in [0.25, 0.3) is 0 Å². The quantitative estimate of drug-likeness (QED) is 0.512. The van der Waals surface area contributed by atoms with Crippen molar-refractivity contribution in [3.63, 3.8) is 0 Å². The normalized spacial score (nSPS) is 8.77. The van der Waals surface area contributed by atoms with Gasteiger partial charge in [-0.2, -0.15) is 5.26 Å². The molecule has 2 heteroatoms. The first kappa shape index (κ1) is 9.32. The van der Waals surface area contributed by atoms with Crippen LogP contribution in [-0.4, -0.2) is 6.61 Å². The SMILES string of the molecule is C#CCOCc1ccccc1C#N. The first-order valence-electron chi connectivity index (χ1n) is 3.87. The maximum absolute atomic E-state index is 8.73. The zero-order valence-electron chi connectivity index (χ0n) is 7.16. The molecular formula is C11H9NO. The maximum Gasteiger partial charge on any atom is 0.107 e. The van der Waals surface area contributed by atoms with Crippen LogP contribution in [-0.2, 0) is 11.3 Å². The second kappa shape index (κ2) is 4.98. The summed E-state index contributed by atoms with van der Waals surface area (Å²) in [5.41, 5.74) is 1.51. The van der Waals surface area contributed by atoms with Gasteiger partial charge in [-0.05, 0) is 11.6 Å². The van der Waals surface area contributed by atoms with E-state index >= 15 is 0 Å². The molecule has 1 aromatic carbocycles. The molecule has 0 aliphatic heterocycles. The van der Waals surface area contributed by atoms with Gasteiger partial charge in [0.2, 0.25) is 0 Å². The Bertz CT molecular complexity index is 357. The molecule has 64 valence electrons. The van der Waals surface area contributed by atoms with E-state index in [0.29, 0.717) is 12.2 Å². The van der Waals surface area contributed by atoms with Crippen LogP contribution >= 0.6 is 0 Å². The van der Waals surface area contributed by atoms with Gasteiger partial charge in [-0.3, -0.25) is 0 Å². The van der Waals surface area contributed by atoms with E-state index in [4.69, 9.17) is 16.4 Å². The molecule has 0 aliphatic carbocycles. The lowest BCUT2D eigenvalue weighted by atomic mass is 10.1. The molecule has 0 heterocycles. The molecule has 0 radical (unpaired) electrons. The second-order valence-corrected chi connectivity index (χ2v) is 2.47. The van der Waals surface area contributed by atoms with E-state index in [9.17, 15) is 0 Å². The van der Waals surface area contributed by atoms with Crippen LogP contribution in [0, 0.1) is 23.7 Å². The Labute approximate surface area is 77.8 Å². The van der Waals surface area contributed by atoms with Gasteiger partial charge in [-0.15, -0.1) is 6.42 Å². The van der Waals surface area contributed by atoms with Crippen LogP contribution in [0.3, 0.4) is 0 Å². The summed E-state index contributed by atoms with van der Waals surface area (Å²) < 4.78 is 5.12. The Morgan fingerprint density at radius 3 is 2.85 bits per heavy atom. The fourth-order valence-corrected chi connectivity index (χ4v) is 0.975. The molecule has 0 N–H and O–H groups in total. The van der Waals surface area contributed by atoms with Crippen molar-refractivity contribution >= 4 is 0 Å². The van der Waals surface area contributed by atoms with Crippen molar-refractivity contribution in [2.45, 2.75) is 6.61 Å². The fraction of sp³-hybridized carbons (Fsp3) is 0.182. The molecule has 1 rings (SSSR count). The minimum atomic E-state index is 0.278. The Morgan fingerprint density at radius 1 is 1.38 bits per heavy atom. The lowest BCUT2D eigenvalue weighted by molar-refractivity contribution is 0.153. The van der Waals surface area contributed by atoms with Gasteiger partial charge < -0.3 is 4.74 Å². The Kier molecular flexibility index (Phi) is 3.57. The molecule has 0 fully saturated rings. The summed E-state index contributed by atoms with van der Waals surface area (Å²) in [5, 5.41) is 8.73. The summed E-state index contributed by atoms with van der Waals surface area (Å²) in [5.74, 6) is 2.37. The van der Waals surface area contributed by atoms with Gasteiger partial charge in [0, 0.05) is 0 Å². The molecule has 0 unspecified atom stereocenters. The topological polar surface area (TPSA) is 33.0 Å². The number of rotatable bonds is 3. The fourth-order valence-electron chi connectivity index (χ4n) is 0.975. The predicted molar refractivity (Wildman–Crippen MR) is 49.6 cm³/mol. The highest BCUT2D eigenvalue weighted by Gasteiger charge is 1.98. The van der Waals surface area contributed by atoms with Gasteiger partial charge in [-0.25, -0.2) is 0 Å². The van der Waals surface area contributed by atoms with Gasteiger partial charge >= 0.3 is 0 Å². The van der Waals surface area contributed by atoms with E-state index in [0.717, 1.165) is 5.56 Å². The van der Waals surface area contributed by atoms with E-state index in [-0.39, 0.29) is 6.61 Å². The highest BCUT2D eigenvalue weighted by Crippen LogP contribution is 2.07. The minimum Gasteiger partial charge on any atom is -0.364 e. The molecule has 0 amide bonds. The molecular weight excluding hydrogens is 162 g/mol. The van der Waals surface area contributed by atoms with Crippen LogP contribution in [0.2, 0.25) is 0 Å². The molecule has 2 nitrogen and oxygen atoms in total. The van der Waals surface area contributed by atoms with Crippen LogP contribution in [0.15, 0.2) is 24.3 Å². The molecule has 0 bridgehead atoms. The monoisotopic (exact) mass is 171 g/mol. The number of benzene rings is 1. The van der Waals surface area contributed by atoms with Crippen molar-refractivity contribution in [3.8, 4) is 18.4 Å². The molecule has 13 heavy (non-hydrogen) atoms. The predicted octanol–water partition coefficient (Wildman–Crippen LogP) is 1.71. The van der Waals surface area contributed by atoms with E-state index in [2.05, 4.69) is 12.0 Å². The molecule has 1 aromatic rings. The van der Waals surface area contributed by atoms with E-state index in [1.54, 1.807) is 6.07 Å². The Balaban J connectivity index is 2.67. The highest BCUT2D eigenvalue weighted by atomic mass is 16.5. The van der Waals surface area contributed by atoms with Crippen LogP contribution < -0.4 is 0 Å². The van der Waals surface area contributed by atoms with Crippen molar-refractivity contribution in [3.05, 3.63) is 35.4 Å². The second-order valence-electron chi connectivity index (χ2n) is 2.47. The summed E-state index contributed by atoms with van der Waals surface area (Å²) in [6.07, 6.45) is 5.02. The van der Waals surface area contributed by atoms with E-state index < -0.39 is 0 Å². The average molecular weight is 171 g/mol. The number of ether oxygens (including phenoxy) is 1. The first-order chi connectivity index (χ1) is 6.38. The smallest absolute Gasteiger partial charge is 0.107 e. The van der Waals surface area contributed by atoms with E-state index in [1.807, 2.05) is 18.2 Å². The third-order valence-electron chi connectivity index (χ3n) is 1.58. The van der Waals surface area contributed by atoms with Crippen molar-refractivity contribution in [2.24, 2.45) is 0 Å². The number of hydrogen-bond donors (Lipinski definition) is 0. The zero-order valence-corrected chi connectivity index (χ0v) is 7.16. The summed E-state index contributed by atoms with van der Waals surface area (Å²) in [6, 6.07) is 9.40. The highest BCUT2D eigenvalue weighted by molar-refractivity contribution is 5.36. The number of nitriles is 1. The summed E-state index contributed by atoms with van der Waals surface area (Å²) in [4.78, 5) is 0. The molecule has 0 saturated carbocycles. The lowest BCUT2D eigenvalue weighted by Gasteiger charge is -2.01. The minimum absolute atomic E-state index is 0.278. The largest absolute Gasteiger partial charge is 0.364 e. The van der Waals surface area contributed by atoms with Gasteiger partial charge in [0.15, 0.2) is 0 Å². The van der Waals surface area contributed by atoms with Gasteiger partial charge in [-0.1, -0.05) is 24.1 Å². The van der Waals surface area contributed by atoms with Crippen LogP contribution in [0.25, 0.3) is 0 Å².